The van der Waals surface area contributed by atoms with Crippen LogP contribution in [0.25, 0.3) is 0 Å². The molecule has 0 aromatic rings. The maximum absolute atomic E-state index is 12.1. The number of nitrogens with zero attached hydrogens (tertiary/aromatic N) is 1. The Morgan fingerprint density at radius 2 is 1.66 bits per heavy atom. The Morgan fingerprint density at radius 3 is 2.17 bits per heavy atom. The van der Waals surface area contributed by atoms with Gasteiger partial charge in [0.1, 0.15) is 18.5 Å². The lowest BCUT2D eigenvalue weighted by atomic mass is 10.2. The lowest BCUT2D eigenvalue weighted by Crippen LogP contribution is -2.35. The molecule has 162 valence electrons. The third kappa shape index (κ3) is 8.46. The summed E-state index contributed by atoms with van der Waals surface area (Å²) < 4.78 is 39.0. The number of esters is 2. The number of rotatable bonds is 10. The van der Waals surface area contributed by atoms with Crippen molar-refractivity contribution in [2.24, 2.45) is 0 Å². The third-order valence-corrected chi connectivity index (χ3v) is 4.95. The van der Waals surface area contributed by atoms with Crippen molar-refractivity contribution in [3.63, 3.8) is 0 Å². The van der Waals surface area contributed by atoms with Gasteiger partial charge in [0.15, 0.2) is 15.4 Å². The predicted molar refractivity (Wildman–Crippen MR) is 101 cm³/mol. The van der Waals surface area contributed by atoms with Crippen molar-refractivity contribution < 1.29 is 41.8 Å². The highest BCUT2D eigenvalue weighted by Gasteiger charge is 2.28. The molecule has 1 aliphatic heterocycles. The van der Waals surface area contributed by atoms with E-state index in [-0.39, 0.29) is 13.2 Å². The van der Waals surface area contributed by atoms with Crippen molar-refractivity contribution in [2.45, 2.75) is 33.3 Å². The summed E-state index contributed by atoms with van der Waals surface area (Å²) in [6, 6.07) is 0. The summed E-state index contributed by atoms with van der Waals surface area (Å²) in [5.41, 5.74) is -1.36. The molecule has 29 heavy (non-hydrogen) atoms. The summed E-state index contributed by atoms with van der Waals surface area (Å²) >= 11 is 0. The molecule has 10 nitrogen and oxygen atoms in total. The average molecular weight is 431 g/mol. The molecule has 0 aliphatic carbocycles. The molecule has 0 saturated heterocycles. The van der Waals surface area contributed by atoms with Gasteiger partial charge in [-0.25, -0.2) is 18.0 Å². The van der Waals surface area contributed by atoms with Crippen LogP contribution in [0.5, 0.6) is 0 Å². The van der Waals surface area contributed by atoms with Crippen molar-refractivity contribution in [1.29, 1.82) is 0 Å². The fourth-order valence-corrected chi connectivity index (χ4v) is 3.00. The fourth-order valence-electron chi connectivity index (χ4n) is 2.00. The van der Waals surface area contributed by atoms with E-state index in [0.29, 0.717) is 0 Å². The van der Waals surface area contributed by atoms with Gasteiger partial charge in [-0.05, 0) is 27.7 Å². The van der Waals surface area contributed by atoms with Gasteiger partial charge in [0.2, 0.25) is 0 Å². The quantitative estimate of drug-likeness (QED) is 0.118. The topological polar surface area (TPSA) is 133 Å². The lowest BCUT2D eigenvalue weighted by molar-refractivity contribution is -0.154. The molecule has 2 amide bonds. The van der Waals surface area contributed by atoms with Gasteiger partial charge in [-0.3, -0.25) is 14.5 Å². The first-order chi connectivity index (χ1) is 13.4. The first kappa shape index (κ1) is 24.3. The van der Waals surface area contributed by atoms with E-state index >= 15 is 0 Å². The Hall–Kier alpha value is -2.69. The van der Waals surface area contributed by atoms with Gasteiger partial charge in [-0.1, -0.05) is 0 Å². The van der Waals surface area contributed by atoms with E-state index in [2.05, 4.69) is 0 Å². The van der Waals surface area contributed by atoms with Crippen LogP contribution in [0.1, 0.15) is 27.7 Å². The summed E-state index contributed by atoms with van der Waals surface area (Å²) in [5.74, 6) is -4.23. The molecule has 0 atom stereocenters. The zero-order chi connectivity index (χ0) is 22.2. The van der Waals surface area contributed by atoms with Gasteiger partial charge >= 0.3 is 11.9 Å². The highest BCUT2D eigenvalue weighted by Crippen LogP contribution is 2.12. The van der Waals surface area contributed by atoms with Crippen LogP contribution < -0.4 is 0 Å². The minimum atomic E-state index is -3.72. The zero-order valence-corrected chi connectivity index (χ0v) is 17.6. The molecule has 0 radical (unpaired) electrons. The van der Waals surface area contributed by atoms with Gasteiger partial charge in [-0.2, -0.15) is 0 Å². The third-order valence-electron chi connectivity index (χ3n) is 3.36. The molecule has 1 aliphatic rings. The molecule has 11 heteroatoms. The zero-order valence-electron chi connectivity index (χ0n) is 16.8. The van der Waals surface area contributed by atoms with E-state index in [9.17, 15) is 27.6 Å². The van der Waals surface area contributed by atoms with E-state index in [4.69, 9.17) is 14.2 Å². The number of carbonyl (C=O) groups is 4. The molecule has 1 rings (SSSR count). The van der Waals surface area contributed by atoms with Gasteiger partial charge in [-0.15, -0.1) is 0 Å². The fraction of sp³-hybridized carbons (Fsp3) is 0.556. The minimum Gasteiger partial charge on any atom is -0.500 e. The molecule has 0 bridgehead atoms. The molecule has 0 fully saturated rings. The van der Waals surface area contributed by atoms with E-state index < -0.39 is 62.9 Å². The van der Waals surface area contributed by atoms with Crippen LogP contribution in [0.4, 0.5) is 0 Å². The monoisotopic (exact) mass is 431 g/mol. The predicted octanol–water partition coefficient (Wildman–Crippen LogP) is 0.132. The Bertz CT molecular complexity index is 801. The highest BCUT2D eigenvalue weighted by atomic mass is 32.2. The summed E-state index contributed by atoms with van der Waals surface area (Å²) in [6.45, 7) is 5.87. The van der Waals surface area contributed by atoms with Crippen molar-refractivity contribution in [2.75, 3.05) is 31.3 Å². The van der Waals surface area contributed by atoms with E-state index in [0.717, 1.165) is 23.3 Å². The van der Waals surface area contributed by atoms with Crippen LogP contribution >= 0.6 is 0 Å². The Labute approximate surface area is 169 Å². The first-order valence-corrected chi connectivity index (χ1v) is 10.6. The lowest BCUT2D eigenvalue weighted by Gasteiger charge is -2.20. The second-order valence-electron chi connectivity index (χ2n) is 6.94. The standard InChI is InChI=1S/C18H25NO9S/c1-5-26-12-13(17(23)28-18(2,3)4)16(22)27-9-11-29(24,25)10-8-19-14(20)6-7-15(19)21/h6-7,12H,5,8-11H2,1-4H3. The van der Waals surface area contributed by atoms with Gasteiger partial charge in [0.25, 0.3) is 11.8 Å². The number of imide groups is 1. The molecule has 0 unspecified atom stereocenters. The summed E-state index contributed by atoms with van der Waals surface area (Å²) in [4.78, 5) is 47.9. The van der Waals surface area contributed by atoms with Crippen molar-refractivity contribution in [1.82, 2.24) is 4.90 Å². The normalized spacial score (nSPS) is 14.9. The van der Waals surface area contributed by atoms with E-state index in [1.54, 1.807) is 27.7 Å². The van der Waals surface area contributed by atoms with Gasteiger partial charge in [0.05, 0.1) is 18.1 Å². The van der Waals surface area contributed by atoms with Crippen molar-refractivity contribution >= 4 is 33.6 Å². The number of carbonyl (C=O) groups excluding carboxylic acids is 4. The van der Waals surface area contributed by atoms with Gasteiger partial charge in [0, 0.05) is 18.7 Å². The van der Waals surface area contributed by atoms with Crippen LogP contribution in [-0.4, -0.2) is 73.9 Å². The molecular formula is C18H25NO9S. The molecule has 0 aromatic carbocycles. The smallest absolute Gasteiger partial charge is 0.349 e. The van der Waals surface area contributed by atoms with E-state index in [1.165, 1.54) is 0 Å². The SMILES string of the molecule is CCOC=C(C(=O)OCCS(=O)(=O)CCN1C(=O)C=CC1=O)C(=O)OC(C)(C)C. The van der Waals surface area contributed by atoms with Crippen LogP contribution in [0.15, 0.2) is 24.0 Å². The molecule has 0 saturated carbocycles. The summed E-state index contributed by atoms with van der Waals surface area (Å²) in [5, 5.41) is 0. The van der Waals surface area contributed by atoms with Crippen molar-refractivity contribution in [3.05, 3.63) is 24.0 Å². The minimum absolute atomic E-state index is 0.191. The average Bonchev–Trinajstić information content (AvgIpc) is 2.90. The Kier molecular flexibility index (Phi) is 8.56. The number of ether oxygens (including phenoxy) is 3. The second kappa shape index (κ2) is 10.2. The van der Waals surface area contributed by atoms with Gasteiger partial charge < -0.3 is 14.2 Å². The Balaban J connectivity index is 2.60. The van der Waals surface area contributed by atoms with Crippen LogP contribution in [-0.2, 0) is 43.2 Å². The first-order valence-electron chi connectivity index (χ1n) is 8.82. The number of hydrogen-bond donors (Lipinski definition) is 0. The van der Waals surface area contributed by atoms with Crippen LogP contribution in [0.3, 0.4) is 0 Å². The molecule has 0 N–H and O–H groups in total. The summed E-state index contributed by atoms with van der Waals surface area (Å²) in [7, 11) is -3.72. The maximum atomic E-state index is 12.1. The van der Waals surface area contributed by atoms with E-state index in [1.807, 2.05) is 0 Å². The van der Waals surface area contributed by atoms with Crippen LogP contribution in [0.2, 0.25) is 0 Å². The van der Waals surface area contributed by atoms with Crippen molar-refractivity contribution in [3.8, 4) is 0 Å². The molecular weight excluding hydrogens is 406 g/mol. The largest absolute Gasteiger partial charge is 0.500 e. The molecule has 0 spiro atoms. The number of sulfone groups is 1. The molecule has 0 aromatic heterocycles. The highest BCUT2D eigenvalue weighted by molar-refractivity contribution is 7.91. The van der Waals surface area contributed by atoms with Crippen LogP contribution in [0, 0.1) is 0 Å². The number of amides is 2. The Morgan fingerprint density at radius 1 is 1.07 bits per heavy atom. The maximum Gasteiger partial charge on any atom is 0.349 e. The second-order valence-corrected chi connectivity index (χ2v) is 9.24. The molecule has 1 heterocycles. The number of hydrogen-bond acceptors (Lipinski definition) is 9. The summed E-state index contributed by atoms with van der Waals surface area (Å²) in [6.07, 6.45) is 3.02.